The van der Waals surface area contributed by atoms with Crippen molar-refractivity contribution in [3.05, 3.63) is 28.7 Å². The van der Waals surface area contributed by atoms with E-state index in [0.29, 0.717) is 18.5 Å². The van der Waals surface area contributed by atoms with Gasteiger partial charge in [-0.1, -0.05) is 0 Å². The Labute approximate surface area is 202 Å². The van der Waals surface area contributed by atoms with Crippen LogP contribution in [0.4, 0.5) is 10.9 Å². The molecule has 1 amide bonds. The fourth-order valence-corrected chi connectivity index (χ4v) is 6.60. The van der Waals surface area contributed by atoms with E-state index in [-0.39, 0.29) is 5.91 Å². The Bertz CT molecular complexity index is 1410. The highest BCUT2D eigenvalue weighted by Gasteiger charge is 2.42. The zero-order valence-corrected chi connectivity index (χ0v) is 20.5. The lowest BCUT2D eigenvalue weighted by Crippen LogP contribution is -2.36. The minimum Gasteiger partial charge on any atom is -0.336 e. The summed E-state index contributed by atoms with van der Waals surface area (Å²) in [5, 5.41) is 5.42. The highest BCUT2D eigenvalue weighted by molar-refractivity contribution is 7.15. The standard InChI is InChI=1S/C25H29N7OS/c1-3-31-16(12-20(33)32(14-7-8-14)15-9-10-15)11-17-22-21(26-13-30(22)2)23(28-24(17)31)29-25-27-18-5-4-6-19(18)34-25/h11,13-15H,3-10,12H2,1-2H3,(H,27,28,29). The Balaban J connectivity index is 1.30. The number of rotatable bonds is 7. The van der Waals surface area contributed by atoms with Crippen LogP contribution in [0.5, 0.6) is 0 Å². The lowest BCUT2D eigenvalue weighted by atomic mass is 10.2. The number of nitrogens with zero attached hydrogens (tertiary/aromatic N) is 6. The van der Waals surface area contributed by atoms with Crippen LogP contribution in [0.3, 0.4) is 0 Å². The second-order valence-corrected chi connectivity index (χ2v) is 11.0. The third kappa shape index (κ3) is 3.24. The van der Waals surface area contributed by atoms with Gasteiger partial charge in [-0.05, 0) is 57.9 Å². The van der Waals surface area contributed by atoms with Crippen LogP contribution >= 0.6 is 11.3 Å². The molecule has 0 atom stereocenters. The monoisotopic (exact) mass is 475 g/mol. The van der Waals surface area contributed by atoms with Gasteiger partial charge in [0.1, 0.15) is 11.2 Å². The quantitative estimate of drug-likeness (QED) is 0.430. The summed E-state index contributed by atoms with van der Waals surface area (Å²) in [7, 11) is 2.02. The number of thiazole rings is 1. The van der Waals surface area contributed by atoms with Gasteiger partial charge in [0.05, 0.1) is 24.0 Å². The van der Waals surface area contributed by atoms with Crippen molar-refractivity contribution in [2.45, 2.75) is 76.9 Å². The maximum Gasteiger partial charge on any atom is 0.229 e. The Kier molecular flexibility index (Phi) is 4.53. The number of carbonyl (C=O) groups excluding carboxylic acids is 1. The molecule has 4 heterocycles. The second-order valence-electron chi connectivity index (χ2n) is 9.94. The molecule has 0 bridgehead atoms. The number of amides is 1. The first-order valence-corrected chi connectivity index (χ1v) is 13.3. The molecule has 176 valence electrons. The van der Waals surface area contributed by atoms with Crippen LogP contribution in [0.2, 0.25) is 0 Å². The average Bonchev–Trinajstić information content (AvgIpc) is 3.66. The zero-order chi connectivity index (χ0) is 23.0. The summed E-state index contributed by atoms with van der Waals surface area (Å²) >= 11 is 1.73. The minimum atomic E-state index is 0.263. The van der Waals surface area contributed by atoms with Gasteiger partial charge in [0, 0.05) is 41.6 Å². The van der Waals surface area contributed by atoms with Crippen molar-refractivity contribution in [2.75, 3.05) is 5.32 Å². The number of hydrogen-bond acceptors (Lipinski definition) is 6. The molecule has 1 N–H and O–H groups in total. The smallest absolute Gasteiger partial charge is 0.229 e. The predicted molar refractivity (Wildman–Crippen MR) is 134 cm³/mol. The average molecular weight is 476 g/mol. The number of nitrogens with one attached hydrogen (secondary N) is 1. The van der Waals surface area contributed by atoms with E-state index in [1.54, 1.807) is 11.3 Å². The largest absolute Gasteiger partial charge is 0.336 e. The molecule has 3 aliphatic carbocycles. The molecule has 0 aromatic carbocycles. The number of anilines is 2. The lowest BCUT2D eigenvalue weighted by molar-refractivity contribution is -0.131. The molecule has 7 rings (SSSR count). The van der Waals surface area contributed by atoms with Crippen LogP contribution in [0.15, 0.2) is 12.4 Å². The summed E-state index contributed by atoms with van der Waals surface area (Å²) in [6, 6.07) is 3.10. The van der Waals surface area contributed by atoms with E-state index < -0.39 is 0 Å². The highest BCUT2D eigenvalue weighted by atomic mass is 32.1. The third-order valence-electron chi connectivity index (χ3n) is 7.43. The normalized spacial score (nSPS) is 17.6. The topological polar surface area (TPSA) is 80.9 Å². The zero-order valence-electron chi connectivity index (χ0n) is 19.7. The van der Waals surface area contributed by atoms with E-state index in [1.807, 2.05) is 13.4 Å². The van der Waals surface area contributed by atoms with E-state index in [1.165, 1.54) is 17.0 Å². The summed E-state index contributed by atoms with van der Waals surface area (Å²) in [6.45, 7) is 2.89. The van der Waals surface area contributed by atoms with Crippen molar-refractivity contribution in [1.82, 2.24) is 29.0 Å². The first-order valence-electron chi connectivity index (χ1n) is 12.5. The van der Waals surface area contributed by atoms with Gasteiger partial charge in [0.2, 0.25) is 5.91 Å². The van der Waals surface area contributed by atoms with Crippen molar-refractivity contribution < 1.29 is 4.79 Å². The summed E-state index contributed by atoms with van der Waals surface area (Å²) < 4.78 is 4.25. The Morgan fingerprint density at radius 3 is 2.71 bits per heavy atom. The van der Waals surface area contributed by atoms with Crippen molar-refractivity contribution in [1.29, 1.82) is 0 Å². The van der Waals surface area contributed by atoms with Gasteiger partial charge >= 0.3 is 0 Å². The molecule has 34 heavy (non-hydrogen) atoms. The Hall–Kier alpha value is -2.94. The van der Waals surface area contributed by atoms with E-state index in [0.717, 1.165) is 83.8 Å². The number of aromatic nitrogens is 5. The van der Waals surface area contributed by atoms with Crippen molar-refractivity contribution in [2.24, 2.45) is 7.05 Å². The van der Waals surface area contributed by atoms with E-state index in [4.69, 9.17) is 9.97 Å². The molecule has 3 aliphatic rings. The van der Waals surface area contributed by atoms with Gasteiger partial charge in [0.25, 0.3) is 0 Å². The fraction of sp³-hybridized carbons (Fsp3) is 0.520. The molecule has 9 heteroatoms. The van der Waals surface area contributed by atoms with Gasteiger partial charge < -0.3 is 19.4 Å². The molecular weight excluding hydrogens is 446 g/mol. The molecule has 0 saturated heterocycles. The van der Waals surface area contributed by atoms with Crippen LogP contribution in [-0.4, -0.2) is 47.0 Å². The molecular formula is C25H29N7OS. The van der Waals surface area contributed by atoms with E-state index >= 15 is 0 Å². The fourth-order valence-electron chi connectivity index (χ4n) is 5.55. The van der Waals surface area contributed by atoms with E-state index in [9.17, 15) is 4.79 Å². The van der Waals surface area contributed by atoms with Gasteiger partial charge in [-0.3, -0.25) is 4.79 Å². The number of fused-ring (bicyclic) bond motifs is 4. The molecule has 8 nitrogen and oxygen atoms in total. The number of pyridine rings is 1. The number of imidazole rings is 1. The van der Waals surface area contributed by atoms with Crippen LogP contribution in [0, 0.1) is 0 Å². The van der Waals surface area contributed by atoms with E-state index in [2.05, 4.69) is 37.3 Å². The highest BCUT2D eigenvalue weighted by Crippen LogP contribution is 2.39. The molecule has 2 saturated carbocycles. The Morgan fingerprint density at radius 1 is 1.21 bits per heavy atom. The van der Waals surface area contributed by atoms with Gasteiger partial charge in [-0.2, -0.15) is 0 Å². The molecule has 0 unspecified atom stereocenters. The summed E-state index contributed by atoms with van der Waals surface area (Å²) in [4.78, 5) is 31.4. The van der Waals surface area contributed by atoms with Crippen molar-refractivity contribution >= 4 is 50.3 Å². The van der Waals surface area contributed by atoms with Gasteiger partial charge in [-0.25, -0.2) is 15.0 Å². The molecule has 0 aliphatic heterocycles. The van der Waals surface area contributed by atoms with Crippen LogP contribution in [-0.2, 0) is 37.6 Å². The first kappa shape index (κ1) is 20.4. The van der Waals surface area contributed by atoms with Crippen molar-refractivity contribution in [3.8, 4) is 0 Å². The Morgan fingerprint density at radius 2 is 2.00 bits per heavy atom. The maximum atomic E-state index is 13.3. The first-order chi connectivity index (χ1) is 16.6. The molecule has 4 aromatic rings. The van der Waals surface area contributed by atoms with Gasteiger partial charge in [0.15, 0.2) is 10.9 Å². The number of aryl methyl sites for hydroxylation is 4. The summed E-state index contributed by atoms with van der Waals surface area (Å²) in [5.74, 6) is 0.998. The minimum absolute atomic E-state index is 0.263. The molecule has 4 aromatic heterocycles. The predicted octanol–water partition coefficient (Wildman–Crippen LogP) is 4.33. The number of carbonyl (C=O) groups is 1. The lowest BCUT2D eigenvalue weighted by Gasteiger charge is -2.22. The second kappa shape index (κ2) is 7.53. The third-order valence-corrected chi connectivity index (χ3v) is 8.50. The van der Waals surface area contributed by atoms with Gasteiger partial charge in [-0.15, -0.1) is 11.3 Å². The SMILES string of the molecule is CCn1c(CC(=O)N(C2CC2)C2CC2)cc2c3c(ncn3C)c(Nc3nc4c(s3)CCC4)nc21. The molecule has 0 spiro atoms. The summed E-state index contributed by atoms with van der Waals surface area (Å²) in [6.07, 6.45) is 10.3. The summed E-state index contributed by atoms with van der Waals surface area (Å²) in [5.41, 5.74) is 5.04. The molecule has 0 radical (unpaired) electrons. The van der Waals surface area contributed by atoms with Crippen LogP contribution in [0.1, 0.15) is 55.3 Å². The molecule has 2 fully saturated rings. The maximum absolute atomic E-state index is 13.3. The van der Waals surface area contributed by atoms with Crippen LogP contribution < -0.4 is 5.32 Å². The van der Waals surface area contributed by atoms with Crippen LogP contribution in [0.25, 0.3) is 22.1 Å². The number of hydrogen-bond donors (Lipinski definition) is 1. The van der Waals surface area contributed by atoms with Crippen molar-refractivity contribution in [3.63, 3.8) is 0 Å².